The molecule has 2 aromatic rings. The highest BCUT2D eigenvalue weighted by molar-refractivity contribution is 5.98. The zero-order chi connectivity index (χ0) is 19.6. The fourth-order valence-electron chi connectivity index (χ4n) is 2.50. The molecule has 0 spiro atoms. The lowest BCUT2D eigenvalue weighted by Crippen LogP contribution is -2.34. The lowest BCUT2D eigenvalue weighted by atomic mass is 10.1. The van der Waals surface area contributed by atoms with Crippen LogP contribution in [0.3, 0.4) is 0 Å². The van der Waals surface area contributed by atoms with Crippen LogP contribution in [0, 0.1) is 6.92 Å². The van der Waals surface area contributed by atoms with Crippen LogP contribution in [0.5, 0.6) is 5.75 Å². The maximum absolute atomic E-state index is 12.1. The van der Waals surface area contributed by atoms with Crippen molar-refractivity contribution in [3.63, 3.8) is 0 Å². The number of aryl methyl sites for hydroxylation is 1. The minimum atomic E-state index is -0.267. The number of carbonyl (C=O) groups is 3. The van der Waals surface area contributed by atoms with E-state index in [0.717, 1.165) is 5.56 Å². The Labute approximate surface area is 158 Å². The van der Waals surface area contributed by atoms with Gasteiger partial charge in [0, 0.05) is 31.5 Å². The number of nitrogens with one attached hydrogen (secondary N) is 2. The second-order valence-corrected chi connectivity index (χ2v) is 6.10. The van der Waals surface area contributed by atoms with E-state index in [-0.39, 0.29) is 37.0 Å². The number of ether oxygens (including phenoxy) is 1. The van der Waals surface area contributed by atoms with Crippen LogP contribution < -0.4 is 15.4 Å². The smallest absolute Gasteiger partial charge is 0.255 e. The average molecular weight is 368 g/mol. The van der Waals surface area contributed by atoms with Crippen molar-refractivity contribution in [2.75, 3.05) is 20.2 Å². The molecule has 0 heterocycles. The third-order valence-electron chi connectivity index (χ3n) is 4.04. The second-order valence-electron chi connectivity index (χ2n) is 6.10. The molecule has 0 aliphatic heterocycles. The van der Waals surface area contributed by atoms with Crippen LogP contribution in [0.15, 0.2) is 48.5 Å². The Kier molecular flexibility index (Phi) is 7.55. The highest BCUT2D eigenvalue weighted by Gasteiger charge is 2.11. The largest absolute Gasteiger partial charge is 0.496 e. The third kappa shape index (κ3) is 6.26. The summed E-state index contributed by atoms with van der Waals surface area (Å²) in [5.41, 5.74) is 2.13. The minimum absolute atomic E-state index is 0.0605. The van der Waals surface area contributed by atoms with Gasteiger partial charge in [0.2, 0.25) is 5.91 Å². The fraction of sp³-hybridized carbons (Fsp3) is 0.286. The Morgan fingerprint density at radius 1 is 0.889 bits per heavy atom. The Morgan fingerprint density at radius 2 is 1.56 bits per heavy atom. The van der Waals surface area contributed by atoms with Crippen LogP contribution in [-0.2, 0) is 4.79 Å². The molecule has 6 nitrogen and oxygen atoms in total. The second kappa shape index (κ2) is 10.1. The number of benzene rings is 2. The van der Waals surface area contributed by atoms with Gasteiger partial charge in [-0.05, 0) is 19.1 Å². The highest BCUT2D eigenvalue weighted by Crippen LogP contribution is 2.16. The molecular formula is C21H24N2O4. The van der Waals surface area contributed by atoms with Crippen LogP contribution in [-0.4, -0.2) is 37.8 Å². The number of hydrogen-bond donors (Lipinski definition) is 2. The molecule has 0 atom stereocenters. The van der Waals surface area contributed by atoms with Gasteiger partial charge in [-0.15, -0.1) is 0 Å². The summed E-state index contributed by atoms with van der Waals surface area (Å²) in [5, 5.41) is 5.42. The standard InChI is InChI=1S/C21H24N2O4/c1-15-7-9-16(10-8-15)18(24)11-12-20(25)22-13-14-23-21(26)17-5-3-4-6-19(17)27-2/h3-10H,11-14H2,1-2H3,(H,22,25)(H,23,26). The first kappa shape index (κ1) is 20.2. The molecule has 0 aliphatic rings. The van der Waals surface area contributed by atoms with E-state index >= 15 is 0 Å². The molecule has 0 aliphatic carbocycles. The molecule has 0 unspecified atom stereocenters. The molecule has 2 amide bonds. The van der Waals surface area contributed by atoms with Gasteiger partial charge in [-0.2, -0.15) is 0 Å². The normalized spacial score (nSPS) is 10.1. The molecule has 0 fully saturated rings. The summed E-state index contributed by atoms with van der Waals surface area (Å²) in [7, 11) is 1.50. The molecule has 0 saturated carbocycles. The van der Waals surface area contributed by atoms with Gasteiger partial charge in [-0.1, -0.05) is 42.0 Å². The molecular weight excluding hydrogens is 344 g/mol. The lowest BCUT2D eigenvalue weighted by molar-refractivity contribution is -0.121. The van der Waals surface area contributed by atoms with Gasteiger partial charge >= 0.3 is 0 Å². The van der Waals surface area contributed by atoms with Crippen LogP contribution in [0.2, 0.25) is 0 Å². The van der Waals surface area contributed by atoms with Crippen LogP contribution in [0.1, 0.15) is 39.1 Å². The summed E-state index contributed by atoms with van der Waals surface area (Å²) in [6, 6.07) is 14.2. The molecule has 0 bridgehead atoms. The lowest BCUT2D eigenvalue weighted by Gasteiger charge is -2.09. The van der Waals surface area contributed by atoms with E-state index in [1.54, 1.807) is 36.4 Å². The van der Waals surface area contributed by atoms with Crippen molar-refractivity contribution < 1.29 is 19.1 Å². The molecule has 0 aromatic heterocycles. The summed E-state index contributed by atoms with van der Waals surface area (Å²) in [6.45, 7) is 2.53. The van der Waals surface area contributed by atoms with Gasteiger partial charge in [-0.25, -0.2) is 0 Å². The number of Topliss-reactive ketones (excluding diaryl/α,β-unsaturated/α-hetero) is 1. The zero-order valence-corrected chi connectivity index (χ0v) is 15.6. The minimum Gasteiger partial charge on any atom is -0.496 e. The zero-order valence-electron chi connectivity index (χ0n) is 15.6. The van der Waals surface area contributed by atoms with E-state index in [0.29, 0.717) is 23.4 Å². The third-order valence-corrected chi connectivity index (χ3v) is 4.04. The van der Waals surface area contributed by atoms with Crippen molar-refractivity contribution >= 4 is 17.6 Å². The Morgan fingerprint density at radius 3 is 2.26 bits per heavy atom. The number of methoxy groups -OCH3 is 1. The Balaban J connectivity index is 1.68. The van der Waals surface area contributed by atoms with Crippen LogP contribution >= 0.6 is 0 Å². The number of rotatable bonds is 9. The predicted molar refractivity (Wildman–Crippen MR) is 103 cm³/mol. The van der Waals surface area contributed by atoms with Gasteiger partial charge in [0.05, 0.1) is 12.7 Å². The predicted octanol–water partition coefficient (Wildman–Crippen LogP) is 2.51. The van der Waals surface area contributed by atoms with E-state index in [1.165, 1.54) is 7.11 Å². The monoisotopic (exact) mass is 368 g/mol. The first-order chi connectivity index (χ1) is 13.0. The SMILES string of the molecule is COc1ccccc1C(=O)NCCNC(=O)CCC(=O)c1ccc(C)cc1. The maximum Gasteiger partial charge on any atom is 0.255 e. The van der Waals surface area contributed by atoms with Crippen LogP contribution in [0.25, 0.3) is 0 Å². The molecule has 27 heavy (non-hydrogen) atoms. The van der Waals surface area contributed by atoms with E-state index in [2.05, 4.69) is 10.6 Å². The van der Waals surface area contributed by atoms with E-state index in [9.17, 15) is 14.4 Å². The first-order valence-electron chi connectivity index (χ1n) is 8.79. The first-order valence-corrected chi connectivity index (χ1v) is 8.79. The molecule has 142 valence electrons. The van der Waals surface area contributed by atoms with Crippen molar-refractivity contribution in [2.45, 2.75) is 19.8 Å². The van der Waals surface area contributed by atoms with Gasteiger partial charge in [0.15, 0.2) is 5.78 Å². The van der Waals surface area contributed by atoms with Crippen molar-refractivity contribution in [2.24, 2.45) is 0 Å². The van der Waals surface area contributed by atoms with Crippen molar-refractivity contribution in [1.29, 1.82) is 0 Å². The fourth-order valence-corrected chi connectivity index (χ4v) is 2.50. The number of ketones is 1. The molecule has 2 rings (SSSR count). The molecule has 2 N–H and O–H groups in total. The van der Waals surface area contributed by atoms with E-state index < -0.39 is 0 Å². The highest BCUT2D eigenvalue weighted by atomic mass is 16.5. The van der Waals surface area contributed by atoms with Crippen molar-refractivity contribution in [1.82, 2.24) is 10.6 Å². The number of hydrogen-bond acceptors (Lipinski definition) is 4. The summed E-state index contributed by atoms with van der Waals surface area (Å²) >= 11 is 0. The molecule has 0 saturated heterocycles. The van der Waals surface area contributed by atoms with E-state index in [4.69, 9.17) is 4.74 Å². The maximum atomic E-state index is 12.1. The van der Waals surface area contributed by atoms with Gasteiger partial charge in [0.1, 0.15) is 5.75 Å². The molecule has 6 heteroatoms. The van der Waals surface area contributed by atoms with Crippen molar-refractivity contribution in [3.8, 4) is 5.75 Å². The number of para-hydroxylation sites is 1. The van der Waals surface area contributed by atoms with Gasteiger partial charge in [0.25, 0.3) is 5.91 Å². The quantitative estimate of drug-likeness (QED) is 0.526. The van der Waals surface area contributed by atoms with E-state index in [1.807, 2.05) is 19.1 Å². The molecule has 0 radical (unpaired) electrons. The van der Waals surface area contributed by atoms with Gasteiger partial charge in [-0.3, -0.25) is 14.4 Å². The summed E-state index contributed by atoms with van der Waals surface area (Å²) in [4.78, 5) is 36.0. The summed E-state index contributed by atoms with van der Waals surface area (Å²) in [5.74, 6) is -0.0541. The Hall–Kier alpha value is -3.15. The number of amides is 2. The van der Waals surface area contributed by atoms with Crippen molar-refractivity contribution in [3.05, 3.63) is 65.2 Å². The topological polar surface area (TPSA) is 84.5 Å². The summed E-state index contributed by atoms with van der Waals surface area (Å²) < 4.78 is 5.15. The Bertz CT molecular complexity index is 800. The number of carbonyl (C=O) groups excluding carboxylic acids is 3. The van der Waals surface area contributed by atoms with Crippen LogP contribution in [0.4, 0.5) is 0 Å². The summed E-state index contributed by atoms with van der Waals surface area (Å²) in [6.07, 6.45) is 0.273. The molecule has 2 aromatic carbocycles. The van der Waals surface area contributed by atoms with Gasteiger partial charge < -0.3 is 15.4 Å². The average Bonchev–Trinajstić information content (AvgIpc) is 2.69.